The molecule has 1 aromatic heterocycles. The molecular formula is C23H33N5O2. The van der Waals surface area contributed by atoms with Gasteiger partial charge in [-0.25, -0.2) is 0 Å². The van der Waals surface area contributed by atoms with Crippen LogP contribution >= 0.6 is 0 Å². The van der Waals surface area contributed by atoms with Gasteiger partial charge in [0, 0.05) is 44.0 Å². The molecule has 0 radical (unpaired) electrons. The highest BCUT2D eigenvalue weighted by molar-refractivity contribution is 5.82. The van der Waals surface area contributed by atoms with Crippen molar-refractivity contribution < 1.29 is 9.59 Å². The van der Waals surface area contributed by atoms with E-state index >= 15 is 0 Å². The number of nitrogens with one attached hydrogen (secondary N) is 1. The number of para-hydroxylation sites is 1. The van der Waals surface area contributed by atoms with Crippen molar-refractivity contribution in [3.63, 3.8) is 0 Å². The molecule has 2 saturated heterocycles. The molecule has 2 fully saturated rings. The molecule has 0 saturated carbocycles. The van der Waals surface area contributed by atoms with E-state index in [2.05, 4.69) is 15.3 Å². The molecule has 2 amide bonds. The Hall–Kier alpha value is -2.41. The van der Waals surface area contributed by atoms with Gasteiger partial charge in [-0.15, -0.1) is 0 Å². The zero-order valence-corrected chi connectivity index (χ0v) is 17.8. The number of nitrogens with zero attached hydrogens (tertiary/aromatic N) is 4. The third-order valence-electron chi connectivity index (χ3n) is 6.41. The molecule has 0 bridgehead atoms. The van der Waals surface area contributed by atoms with E-state index in [1.807, 2.05) is 35.4 Å². The Bertz CT molecular complexity index is 864. The number of amides is 2. The largest absolute Gasteiger partial charge is 0.356 e. The summed E-state index contributed by atoms with van der Waals surface area (Å²) >= 11 is 0. The summed E-state index contributed by atoms with van der Waals surface area (Å²) in [7, 11) is 0. The normalized spacial score (nSPS) is 22.5. The van der Waals surface area contributed by atoms with Crippen LogP contribution in [0.15, 0.2) is 30.5 Å². The van der Waals surface area contributed by atoms with Gasteiger partial charge in [0.05, 0.1) is 11.7 Å². The van der Waals surface area contributed by atoms with E-state index in [4.69, 9.17) is 0 Å². The summed E-state index contributed by atoms with van der Waals surface area (Å²) < 4.78 is 1.81. The number of carbonyl (C=O) groups is 2. The number of piperidine rings is 1. The second-order valence-electron chi connectivity index (χ2n) is 8.54. The van der Waals surface area contributed by atoms with Crippen molar-refractivity contribution >= 4 is 22.7 Å². The van der Waals surface area contributed by atoms with Gasteiger partial charge >= 0.3 is 0 Å². The summed E-state index contributed by atoms with van der Waals surface area (Å²) in [6, 6.07) is 8.34. The maximum Gasteiger partial charge on any atom is 0.244 e. The zero-order chi connectivity index (χ0) is 20.8. The van der Waals surface area contributed by atoms with Gasteiger partial charge in [-0.2, -0.15) is 5.10 Å². The molecule has 7 heteroatoms. The van der Waals surface area contributed by atoms with Crippen LogP contribution in [-0.4, -0.2) is 70.2 Å². The van der Waals surface area contributed by atoms with Gasteiger partial charge in [-0.1, -0.05) is 24.6 Å². The molecule has 30 heavy (non-hydrogen) atoms. The van der Waals surface area contributed by atoms with E-state index in [1.54, 1.807) is 4.68 Å². The average molecular weight is 412 g/mol. The summed E-state index contributed by atoms with van der Waals surface area (Å²) in [6.07, 6.45) is 8.68. The molecule has 0 spiro atoms. The molecule has 2 aliphatic heterocycles. The molecule has 3 heterocycles. The summed E-state index contributed by atoms with van der Waals surface area (Å²) in [5.74, 6) is 0.294. The van der Waals surface area contributed by atoms with Crippen LogP contribution in [-0.2, 0) is 16.1 Å². The third kappa shape index (κ3) is 5.19. The Morgan fingerprint density at radius 1 is 1.03 bits per heavy atom. The molecule has 1 N–H and O–H groups in total. The molecule has 1 unspecified atom stereocenters. The predicted molar refractivity (Wildman–Crippen MR) is 117 cm³/mol. The quantitative estimate of drug-likeness (QED) is 0.824. The topological polar surface area (TPSA) is 70.5 Å². The van der Waals surface area contributed by atoms with E-state index in [1.165, 1.54) is 12.8 Å². The van der Waals surface area contributed by atoms with Crippen LogP contribution in [0.4, 0.5) is 0 Å². The molecule has 162 valence electrons. The van der Waals surface area contributed by atoms with E-state index < -0.39 is 0 Å². The highest BCUT2D eigenvalue weighted by atomic mass is 16.2. The molecular weight excluding hydrogens is 378 g/mol. The van der Waals surface area contributed by atoms with Gasteiger partial charge in [0.1, 0.15) is 6.54 Å². The van der Waals surface area contributed by atoms with Gasteiger partial charge in [0.15, 0.2) is 0 Å². The lowest BCUT2D eigenvalue weighted by Gasteiger charge is -2.35. The van der Waals surface area contributed by atoms with E-state index in [0.29, 0.717) is 19.0 Å². The van der Waals surface area contributed by atoms with Crippen LogP contribution in [0, 0.1) is 0 Å². The van der Waals surface area contributed by atoms with Crippen molar-refractivity contribution in [3.05, 3.63) is 30.5 Å². The Kier molecular flexibility index (Phi) is 7.00. The van der Waals surface area contributed by atoms with Crippen molar-refractivity contribution in [1.82, 2.24) is 24.9 Å². The highest BCUT2D eigenvalue weighted by Crippen LogP contribution is 2.20. The monoisotopic (exact) mass is 411 g/mol. The second kappa shape index (κ2) is 10.1. The van der Waals surface area contributed by atoms with Crippen LogP contribution in [0.5, 0.6) is 0 Å². The number of hydrogen-bond donors (Lipinski definition) is 1. The van der Waals surface area contributed by atoms with Crippen LogP contribution in [0.3, 0.4) is 0 Å². The fraction of sp³-hybridized carbons (Fsp3) is 0.609. The average Bonchev–Trinajstić information content (AvgIpc) is 3.16. The first-order valence-electron chi connectivity index (χ1n) is 11.4. The SMILES string of the molecule is O=C1CC2CCCCN2CCCN(C(=O)Cn2ncc3ccccc32)CCCCN1. The number of hydrogen-bond acceptors (Lipinski definition) is 4. The number of aromatic nitrogens is 2. The van der Waals surface area contributed by atoms with E-state index in [-0.39, 0.29) is 18.4 Å². The van der Waals surface area contributed by atoms with Crippen LogP contribution < -0.4 is 5.32 Å². The molecule has 0 aliphatic carbocycles. The van der Waals surface area contributed by atoms with E-state index in [9.17, 15) is 9.59 Å². The lowest BCUT2D eigenvalue weighted by Crippen LogP contribution is -2.44. The Balaban J connectivity index is 1.41. The molecule has 2 aliphatic rings. The first kappa shape index (κ1) is 20.8. The number of benzene rings is 1. The Morgan fingerprint density at radius 3 is 2.77 bits per heavy atom. The summed E-state index contributed by atoms with van der Waals surface area (Å²) in [5, 5.41) is 8.55. The molecule has 2 aromatic rings. The predicted octanol–water partition coefficient (Wildman–Crippen LogP) is 2.41. The van der Waals surface area contributed by atoms with Crippen LogP contribution in [0.2, 0.25) is 0 Å². The lowest BCUT2D eigenvalue weighted by molar-refractivity contribution is -0.132. The first-order chi connectivity index (χ1) is 14.7. The fourth-order valence-electron chi connectivity index (χ4n) is 4.73. The molecule has 1 aromatic carbocycles. The lowest BCUT2D eigenvalue weighted by atomic mass is 9.98. The minimum Gasteiger partial charge on any atom is -0.356 e. The number of fused-ring (bicyclic) bond motifs is 2. The molecule has 4 rings (SSSR count). The Morgan fingerprint density at radius 2 is 1.83 bits per heavy atom. The molecule has 1 atom stereocenters. The maximum absolute atomic E-state index is 13.1. The number of carbonyl (C=O) groups excluding carboxylic acids is 2. The summed E-state index contributed by atoms with van der Waals surface area (Å²) in [6.45, 7) is 4.48. The van der Waals surface area contributed by atoms with Crippen molar-refractivity contribution in [2.45, 2.75) is 57.5 Å². The van der Waals surface area contributed by atoms with Gasteiger partial charge in [-0.05, 0) is 44.7 Å². The van der Waals surface area contributed by atoms with Crippen molar-refractivity contribution in [1.29, 1.82) is 0 Å². The van der Waals surface area contributed by atoms with Gasteiger partial charge in [0.2, 0.25) is 11.8 Å². The summed E-state index contributed by atoms with van der Waals surface area (Å²) in [4.78, 5) is 29.9. The van der Waals surface area contributed by atoms with Crippen LogP contribution in [0.25, 0.3) is 10.9 Å². The standard InChI is InChI=1S/C23H33N5O2/c29-22-16-20-9-3-5-12-26(20)14-7-15-27(13-6-4-11-24-22)23(30)18-28-21-10-2-1-8-19(21)17-25-28/h1-2,8,10,17,20H,3-7,9,11-16,18H2,(H,24,29). The maximum atomic E-state index is 13.1. The van der Waals surface area contributed by atoms with Crippen LogP contribution in [0.1, 0.15) is 44.9 Å². The smallest absolute Gasteiger partial charge is 0.244 e. The number of rotatable bonds is 2. The van der Waals surface area contributed by atoms with Crippen molar-refractivity contribution in [2.24, 2.45) is 0 Å². The Labute approximate surface area is 178 Å². The van der Waals surface area contributed by atoms with Crippen molar-refractivity contribution in [2.75, 3.05) is 32.7 Å². The second-order valence-corrected chi connectivity index (χ2v) is 8.54. The summed E-state index contributed by atoms with van der Waals surface area (Å²) in [5.41, 5.74) is 0.996. The first-order valence-corrected chi connectivity index (χ1v) is 11.4. The molecule has 7 nitrogen and oxygen atoms in total. The van der Waals surface area contributed by atoms with Crippen molar-refractivity contribution in [3.8, 4) is 0 Å². The van der Waals surface area contributed by atoms with Gasteiger partial charge < -0.3 is 10.2 Å². The third-order valence-corrected chi connectivity index (χ3v) is 6.41. The highest BCUT2D eigenvalue weighted by Gasteiger charge is 2.25. The van der Waals surface area contributed by atoms with E-state index in [0.717, 1.165) is 62.8 Å². The van der Waals surface area contributed by atoms with Gasteiger partial charge in [-0.3, -0.25) is 19.2 Å². The fourth-order valence-corrected chi connectivity index (χ4v) is 4.73. The minimum atomic E-state index is 0.123. The zero-order valence-electron chi connectivity index (χ0n) is 17.8. The minimum absolute atomic E-state index is 0.123. The van der Waals surface area contributed by atoms with Gasteiger partial charge in [0.25, 0.3) is 0 Å².